The highest BCUT2D eigenvalue weighted by molar-refractivity contribution is 6.09. The van der Waals surface area contributed by atoms with Gasteiger partial charge in [-0.3, -0.25) is 4.79 Å². The molecule has 0 aromatic heterocycles. The van der Waals surface area contributed by atoms with Crippen molar-refractivity contribution in [1.29, 1.82) is 0 Å². The number of benzene rings is 2. The van der Waals surface area contributed by atoms with E-state index in [2.05, 4.69) is 6.92 Å². The smallest absolute Gasteiger partial charge is 0.344 e. The SMILES string of the molecule is CCCCCCCCCCCCOc1ccc(/C=C/C(=O)c2ccc(C(=O)OCC)cc2OCC(=O)OCC)cc1. The Morgan fingerprint density at radius 3 is 1.98 bits per heavy atom. The second-order valence-corrected chi connectivity index (χ2v) is 9.82. The molecule has 0 unspecified atom stereocenters. The van der Waals surface area contributed by atoms with Gasteiger partial charge in [0.25, 0.3) is 0 Å². The number of unbranched alkanes of at least 4 members (excludes halogenated alkanes) is 9. The average molecular weight is 567 g/mol. The molecule has 7 nitrogen and oxygen atoms in total. The van der Waals surface area contributed by atoms with Crippen LogP contribution in [-0.2, 0) is 14.3 Å². The van der Waals surface area contributed by atoms with Gasteiger partial charge in [-0.2, -0.15) is 0 Å². The molecule has 0 aliphatic carbocycles. The molecule has 0 amide bonds. The van der Waals surface area contributed by atoms with Gasteiger partial charge in [-0.15, -0.1) is 0 Å². The van der Waals surface area contributed by atoms with Crippen LogP contribution >= 0.6 is 0 Å². The second-order valence-electron chi connectivity index (χ2n) is 9.82. The topological polar surface area (TPSA) is 88.1 Å². The number of carbonyl (C=O) groups excluding carboxylic acids is 3. The molecule has 224 valence electrons. The molecule has 0 heterocycles. The van der Waals surface area contributed by atoms with Crippen molar-refractivity contribution in [3.63, 3.8) is 0 Å². The highest BCUT2D eigenvalue weighted by Crippen LogP contribution is 2.23. The van der Waals surface area contributed by atoms with Crippen molar-refractivity contribution in [1.82, 2.24) is 0 Å². The third-order valence-corrected chi connectivity index (χ3v) is 6.48. The highest BCUT2D eigenvalue weighted by atomic mass is 16.6. The van der Waals surface area contributed by atoms with E-state index in [-0.39, 0.29) is 42.5 Å². The first-order chi connectivity index (χ1) is 20.0. The summed E-state index contributed by atoms with van der Waals surface area (Å²) in [4.78, 5) is 36.9. The van der Waals surface area contributed by atoms with Crippen LogP contribution in [0.1, 0.15) is 111 Å². The molecule has 0 saturated carbocycles. The number of hydrogen-bond donors (Lipinski definition) is 0. The first-order valence-electron chi connectivity index (χ1n) is 15.0. The Labute approximate surface area is 245 Å². The Kier molecular flexibility index (Phi) is 16.6. The van der Waals surface area contributed by atoms with Gasteiger partial charge in [-0.25, -0.2) is 9.59 Å². The van der Waals surface area contributed by atoms with Gasteiger partial charge in [0.05, 0.1) is 30.9 Å². The third kappa shape index (κ3) is 13.5. The van der Waals surface area contributed by atoms with E-state index in [4.69, 9.17) is 18.9 Å². The number of hydrogen-bond acceptors (Lipinski definition) is 7. The van der Waals surface area contributed by atoms with Crippen LogP contribution in [-0.4, -0.2) is 44.1 Å². The first-order valence-corrected chi connectivity index (χ1v) is 15.0. The molecule has 0 N–H and O–H groups in total. The minimum absolute atomic E-state index is 0.106. The Hall–Kier alpha value is -3.61. The van der Waals surface area contributed by atoms with Crippen molar-refractivity contribution < 1.29 is 33.3 Å². The summed E-state index contributed by atoms with van der Waals surface area (Å²) < 4.78 is 21.3. The summed E-state index contributed by atoms with van der Waals surface area (Å²) in [6.07, 6.45) is 16.0. The molecule has 0 radical (unpaired) electrons. The van der Waals surface area contributed by atoms with Gasteiger partial charge in [-0.1, -0.05) is 82.9 Å². The number of ketones is 1. The number of carbonyl (C=O) groups is 3. The Morgan fingerprint density at radius 1 is 0.707 bits per heavy atom. The fourth-order valence-corrected chi connectivity index (χ4v) is 4.24. The van der Waals surface area contributed by atoms with Gasteiger partial charge in [0.15, 0.2) is 12.4 Å². The maximum atomic E-state index is 13.0. The lowest BCUT2D eigenvalue weighted by molar-refractivity contribution is -0.145. The number of rotatable bonds is 21. The predicted molar refractivity (Wildman–Crippen MR) is 162 cm³/mol. The quantitative estimate of drug-likeness (QED) is 0.0654. The van der Waals surface area contributed by atoms with Crippen LogP contribution in [0.4, 0.5) is 0 Å². The predicted octanol–water partition coefficient (Wildman–Crippen LogP) is 8.00. The lowest BCUT2D eigenvalue weighted by Gasteiger charge is -2.11. The van der Waals surface area contributed by atoms with Crippen molar-refractivity contribution in [2.45, 2.75) is 85.0 Å². The lowest BCUT2D eigenvalue weighted by atomic mass is 10.0. The summed E-state index contributed by atoms with van der Waals surface area (Å²) in [5.41, 5.74) is 1.27. The third-order valence-electron chi connectivity index (χ3n) is 6.48. The van der Waals surface area contributed by atoms with E-state index in [1.54, 1.807) is 19.9 Å². The van der Waals surface area contributed by atoms with Crippen molar-refractivity contribution in [3.05, 3.63) is 65.2 Å². The maximum Gasteiger partial charge on any atom is 0.344 e. The molecule has 0 saturated heterocycles. The summed E-state index contributed by atoms with van der Waals surface area (Å²) >= 11 is 0. The van der Waals surface area contributed by atoms with Gasteiger partial charge in [0.1, 0.15) is 11.5 Å². The molecule has 7 heteroatoms. The van der Waals surface area contributed by atoms with Crippen LogP contribution in [0.5, 0.6) is 11.5 Å². The molecule has 0 fully saturated rings. The molecule has 0 aliphatic heterocycles. The Balaban J connectivity index is 1.86. The van der Waals surface area contributed by atoms with Gasteiger partial charge in [0, 0.05) is 0 Å². The van der Waals surface area contributed by atoms with Gasteiger partial charge < -0.3 is 18.9 Å². The fraction of sp³-hybridized carbons (Fsp3) is 0.500. The summed E-state index contributed by atoms with van der Waals surface area (Å²) in [7, 11) is 0. The zero-order chi connectivity index (χ0) is 29.7. The van der Waals surface area contributed by atoms with E-state index in [9.17, 15) is 14.4 Å². The molecule has 0 aliphatic rings. The molecule has 2 aromatic rings. The molecule has 2 rings (SSSR count). The molecule has 0 spiro atoms. The van der Waals surface area contributed by atoms with Crippen LogP contribution in [0.2, 0.25) is 0 Å². The average Bonchev–Trinajstić information content (AvgIpc) is 2.98. The van der Waals surface area contributed by atoms with Crippen molar-refractivity contribution in [3.8, 4) is 11.5 Å². The summed E-state index contributed by atoms with van der Waals surface area (Å²) in [5, 5.41) is 0. The summed E-state index contributed by atoms with van der Waals surface area (Å²) in [5.74, 6) is -0.542. The first kappa shape index (κ1) is 33.6. The monoisotopic (exact) mass is 566 g/mol. The molecule has 41 heavy (non-hydrogen) atoms. The van der Waals surface area contributed by atoms with E-state index >= 15 is 0 Å². The normalized spacial score (nSPS) is 10.9. The lowest BCUT2D eigenvalue weighted by Crippen LogP contribution is -2.16. The molecule has 0 atom stereocenters. The van der Waals surface area contributed by atoms with E-state index < -0.39 is 11.9 Å². The van der Waals surface area contributed by atoms with Crippen LogP contribution < -0.4 is 9.47 Å². The fourth-order valence-electron chi connectivity index (χ4n) is 4.24. The minimum atomic E-state index is -0.571. The second kappa shape index (κ2) is 20.3. The van der Waals surface area contributed by atoms with E-state index in [0.717, 1.165) is 17.7 Å². The van der Waals surface area contributed by atoms with Crippen molar-refractivity contribution in [2.75, 3.05) is 26.4 Å². The molecular formula is C34H46O7. The summed E-state index contributed by atoms with van der Waals surface area (Å²) in [6, 6.07) is 11.9. The van der Waals surface area contributed by atoms with Crippen LogP contribution in [0.25, 0.3) is 6.08 Å². The van der Waals surface area contributed by atoms with E-state index in [0.29, 0.717) is 6.61 Å². The van der Waals surface area contributed by atoms with E-state index in [1.807, 2.05) is 24.3 Å². The summed E-state index contributed by atoms with van der Waals surface area (Å²) in [6.45, 7) is 6.38. The maximum absolute atomic E-state index is 13.0. The van der Waals surface area contributed by atoms with Gasteiger partial charge in [0.2, 0.25) is 0 Å². The zero-order valence-electron chi connectivity index (χ0n) is 25.0. The standard InChI is InChI=1S/C34H46O7/c1-4-7-8-9-10-11-12-13-14-15-24-40-29-20-16-27(17-21-29)18-23-31(35)30-22-19-28(34(37)39-6-3)25-32(30)41-26-33(36)38-5-2/h16-23,25H,4-15,24,26H2,1-3H3/b23-18+. The van der Waals surface area contributed by atoms with Crippen molar-refractivity contribution in [2.24, 2.45) is 0 Å². The minimum Gasteiger partial charge on any atom is -0.494 e. The number of ether oxygens (including phenoxy) is 4. The van der Waals surface area contributed by atoms with Gasteiger partial charge >= 0.3 is 11.9 Å². The van der Waals surface area contributed by atoms with Crippen LogP contribution in [0.15, 0.2) is 48.5 Å². The van der Waals surface area contributed by atoms with Gasteiger partial charge in [-0.05, 0) is 62.2 Å². The Morgan fingerprint density at radius 2 is 1.34 bits per heavy atom. The largest absolute Gasteiger partial charge is 0.494 e. The Bertz CT molecular complexity index is 1090. The zero-order valence-corrected chi connectivity index (χ0v) is 25.0. The molecule has 2 aromatic carbocycles. The highest BCUT2D eigenvalue weighted by Gasteiger charge is 2.16. The van der Waals surface area contributed by atoms with Crippen LogP contribution in [0, 0.1) is 0 Å². The van der Waals surface area contributed by atoms with Crippen LogP contribution in [0.3, 0.4) is 0 Å². The number of allylic oxidation sites excluding steroid dienone is 1. The van der Waals surface area contributed by atoms with Crippen molar-refractivity contribution >= 4 is 23.8 Å². The molecule has 0 bridgehead atoms. The number of esters is 2. The molecular weight excluding hydrogens is 520 g/mol. The van der Waals surface area contributed by atoms with E-state index in [1.165, 1.54) is 82.1 Å².